The zero-order valence-corrected chi connectivity index (χ0v) is 10.4. The molecule has 1 rings (SSSR count). The van der Waals surface area contributed by atoms with Crippen LogP contribution < -0.4 is 15.4 Å². The van der Waals surface area contributed by atoms with Crippen molar-refractivity contribution in [2.75, 3.05) is 24.6 Å². The molecule has 0 aliphatic rings. The lowest BCUT2D eigenvalue weighted by atomic mass is 10.3. The van der Waals surface area contributed by atoms with Crippen LogP contribution in [0.25, 0.3) is 0 Å². The lowest BCUT2D eigenvalue weighted by Gasteiger charge is -2.21. The molecule has 3 N–H and O–H groups in total. The molecular weight excluding hydrogens is 216 g/mol. The molecule has 0 atom stereocenters. The molecule has 0 amide bonds. The Labute approximate surface area is 102 Å². The van der Waals surface area contributed by atoms with E-state index in [1.807, 2.05) is 25.1 Å². The molecule has 1 heterocycles. The Balaban J connectivity index is 2.73. The second-order valence-electron chi connectivity index (χ2n) is 3.62. The zero-order valence-electron chi connectivity index (χ0n) is 10.4. The van der Waals surface area contributed by atoms with Gasteiger partial charge in [0.05, 0.1) is 12.4 Å². The fourth-order valence-electron chi connectivity index (χ4n) is 1.50. The van der Waals surface area contributed by atoms with E-state index in [0.717, 1.165) is 12.4 Å². The predicted octanol–water partition coefficient (Wildman–Crippen LogP) is 1.63. The molecule has 0 radical (unpaired) electrons. The largest absolute Gasteiger partial charge is 0.478 e. The van der Waals surface area contributed by atoms with Crippen molar-refractivity contribution in [3.63, 3.8) is 0 Å². The number of pyridine rings is 1. The number of anilines is 1. The van der Waals surface area contributed by atoms with Gasteiger partial charge in [0.2, 0.25) is 5.88 Å². The van der Waals surface area contributed by atoms with Gasteiger partial charge >= 0.3 is 0 Å². The topological polar surface area (TPSA) is 75.2 Å². The van der Waals surface area contributed by atoms with Crippen LogP contribution in [-0.4, -0.2) is 30.5 Å². The molecule has 0 aliphatic heterocycles. The molecule has 0 unspecified atom stereocenters. The number of ether oxygens (including phenoxy) is 1. The number of hydrogen-bond acceptors (Lipinski definition) is 4. The average molecular weight is 236 g/mol. The summed E-state index contributed by atoms with van der Waals surface area (Å²) in [4.78, 5) is 6.48. The molecule has 0 aromatic carbocycles. The van der Waals surface area contributed by atoms with E-state index in [1.54, 1.807) is 0 Å². The van der Waals surface area contributed by atoms with Crippen LogP contribution in [-0.2, 0) is 0 Å². The van der Waals surface area contributed by atoms with Gasteiger partial charge in [0.1, 0.15) is 5.82 Å². The minimum atomic E-state index is 0.199. The SMILES string of the molecule is CCOc1cccc(N(CC)CCC(=N)N)n1. The van der Waals surface area contributed by atoms with E-state index in [1.165, 1.54) is 0 Å². The summed E-state index contributed by atoms with van der Waals surface area (Å²) in [5, 5.41) is 7.24. The molecule has 0 spiro atoms. The van der Waals surface area contributed by atoms with Gasteiger partial charge < -0.3 is 15.4 Å². The Bertz CT molecular complexity index is 367. The Kier molecular flexibility index (Phi) is 5.26. The van der Waals surface area contributed by atoms with Gasteiger partial charge in [0.25, 0.3) is 0 Å². The standard InChI is InChI=1S/C12H20N4O/c1-3-16(9-8-10(13)14)11-6-5-7-12(15-11)17-4-2/h5-7H,3-4,8-9H2,1-2H3,(H3,13,14). The lowest BCUT2D eigenvalue weighted by molar-refractivity contribution is 0.327. The highest BCUT2D eigenvalue weighted by Gasteiger charge is 2.07. The molecule has 0 saturated carbocycles. The first-order chi connectivity index (χ1) is 8.17. The maximum Gasteiger partial charge on any atom is 0.215 e. The Morgan fingerprint density at radius 1 is 1.47 bits per heavy atom. The summed E-state index contributed by atoms with van der Waals surface area (Å²) in [7, 11) is 0. The van der Waals surface area contributed by atoms with Crippen molar-refractivity contribution in [3.8, 4) is 5.88 Å². The number of nitrogens with one attached hydrogen (secondary N) is 1. The molecule has 0 fully saturated rings. The molecule has 0 bridgehead atoms. The maximum atomic E-state index is 7.24. The monoisotopic (exact) mass is 236 g/mol. The Hall–Kier alpha value is -1.78. The summed E-state index contributed by atoms with van der Waals surface area (Å²) < 4.78 is 5.36. The summed E-state index contributed by atoms with van der Waals surface area (Å²) in [6, 6.07) is 5.70. The van der Waals surface area contributed by atoms with E-state index >= 15 is 0 Å². The summed E-state index contributed by atoms with van der Waals surface area (Å²) in [5.74, 6) is 1.69. The third-order valence-electron chi connectivity index (χ3n) is 2.36. The minimum absolute atomic E-state index is 0.199. The first-order valence-corrected chi connectivity index (χ1v) is 5.85. The number of aromatic nitrogens is 1. The van der Waals surface area contributed by atoms with E-state index in [2.05, 4.69) is 16.8 Å². The smallest absolute Gasteiger partial charge is 0.215 e. The van der Waals surface area contributed by atoms with Crippen molar-refractivity contribution in [1.82, 2.24) is 4.98 Å². The third-order valence-corrected chi connectivity index (χ3v) is 2.36. The van der Waals surface area contributed by atoms with Crippen molar-refractivity contribution in [2.45, 2.75) is 20.3 Å². The third kappa shape index (κ3) is 4.30. The van der Waals surface area contributed by atoms with Gasteiger partial charge in [-0.25, -0.2) is 0 Å². The van der Waals surface area contributed by atoms with Gasteiger partial charge in [-0.05, 0) is 19.9 Å². The average Bonchev–Trinajstić information content (AvgIpc) is 2.30. The number of hydrogen-bond donors (Lipinski definition) is 2. The molecule has 5 heteroatoms. The number of rotatable bonds is 7. The normalized spacial score (nSPS) is 10.0. The van der Waals surface area contributed by atoms with E-state index in [0.29, 0.717) is 25.5 Å². The molecule has 0 saturated heterocycles. The van der Waals surface area contributed by atoms with Crippen LogP contribution in [0.3, 0.4) is 0 Å². The van der Waals surface area contributed by atoms with E-state index in [9.17, 15) is 0 Å². The number of amidine groups is 1. The number of nitrogens with two attached hydrogens (primary N) is 1. The van der Waals surface area contributed by atoms with Gasteiger partial charge in [0, 0.05) is 25.6 Å². The molecule has 1 aromatic heterocycles. The van der Waals surface area contributed by atoms with E-state index < -0.39 is 0 Å². The highest BCUT2D eigenvalue weighted by atomic mass is 16.5. The van der Waals surface area contributed by atoms with Crippen LogP contribution in [0.5, 0.6) is 5.88 Å². The van der Waals surface area contributed by atoms with Gasteiger partial charge in [-0.15, -0.1) is 0 Å². The molecule has 94 valence electrons. The quantitative estimate of drug-likeness (QED) is 0.557. The summed E-state index contributed by atoms with van der Waals surface area (Å²) in [6.07, 6.45) is 0.550. The highest BCUT2D eigenvalue weighted by molar-refractivity contribution is 5.77. The van der Waals surface area contributed by atoms with Crippen molar-refractivity contribution in [1.29, 1.82) is 5.41 Å². The van der Waals surface area contributed by atoms with Gasteiger partial charge in [-0.2, -0.15) is 4.98 Å². The van der Waals surface area contributed by atoms with Gasteiger partial charge in [-0.3, -0.25) is 5.41 Å². The van der Waals surface area contributed by atoms with Crippen molar-refractivity contribution < 1.29 is 4.74 Å². The Morgan fingerprint density at radius 2 is 2.24 bits per heavy atom. The predicted molar refractivity (Wildman–Crippen MR) is 69.8 cm³/mol. The fourth-order valence-corrected chi connectivity index (χ4v) is 1.50. The molecule has 1 aromatic rings. The van der Waals surface area contributed by atoms with Crippen LogP contribution in [0.1, 0.15) is 20.3 Å². The Morgan fingerprint density at radius 3 is 2.82 bits per heavy atom. The second-order valence-corrected chi connectivity index (χ2v) is 3.62. The van der Waals surface area contributed by atoms with Crippen LogP contribution in [0.2, 0.25) is 0 Å². The van der Waals surface area contributed by atoms with Crippen LogP contribution in [0.15, 0.2) is 18.2 Å². The van der Waals surface area contributed by atoms with Crippen LogP contribution in [0.4, 0.5) is 5.82 Å². The first kappa shape index (κ1) is 13.3. The van der Waals surface area contributed by atoms with Crippen molar-refractivity contribution in [2.24, 2.45) is 5.73 Å². The van der Waals surface area contributed by atoms with Crippen LogP contribution >= 0.6 is 0 Å². The van der Waals surface area contributed by atoms with Gasteiger partial charge in [0.15, 0.2) is 0 Å². The lowest BCUT2D eigenvalue weighted by Crippen LogP contribution is -2.28. The van der Waals surface area contributed by atoms with E-state index in [-0.39, 0.29) is 5.84 Å². The van der Waals surface area contributed by atoms with E-state index in [4.69, 9.17) is 15.9 Å². The maximum absolute atomic E-state index is 7.24. The summed E-state index contributed by atoms with van der Waals surface area (Å²) >= 11 is 0. The highest BCUT2D eigenvalue weighted by Crippen LogP contribution is 2.15. The van der Waals surface area contributed by atoms with Crippen molar-refractivity contribution >= 4 is 11.7 Å². The minimum Gasteiger partial charge on any atom is -0.478 e. The fraction of sp³-hybridized carbons (Fsp3) is 0.500. The van der Waals surface area contributed by atoms with Crippen LogP contribution in [0, 0.1) is 5.41 Å². The molecule has 17 heavy (non-hydrogen) atoms. The molecular formula is C12H20N4O. The summed E-state index contributed by atoms with van der Waals surface area (Å²) in [5.41, 5.74) is 5.36. The zero-order chi connectivity index (χ0) is 12.7. The molecule has 0 aliphatic carbocycles. The summed E-state index contributed by atoms with van der Waals surface area (Å²) in [6.45, 7) is 6.12. The van der Waals surface area contributed by atoms with Crippen molar-refractivity contribution in [3.05, 3.63) is 18.2 Å². The number of nitrogens with zero attached hydrogens (tertiary/aromatic N) is 2. The second kappa shape index (κ2) is 6.73. The first-order valence-electron chi connectivity index (χ1n) is 5.85. The molecule has 5 nitrogen and oxygen atoms in total. The van der Waals surface area contributed by atoms with Gasteiger partial charge in [-0.1, -0.05) is 6.07 Å².